The van der Waals surface area contributed by atoms with Crippen LogP contribution in [0.1, 0.15) is 10.8 Å². The monoisotopic (exact) mass is 266 g/mol. The van der Waals surface area contributed by atoms with E-state index in [1.807, 2.05) is 35.7 Å². The number of hydrogen-bond donors (Lipinski definition) is 2. The summed E-state index contributed by atoms with van der Waals surface area (Å²) in [6, 6.07) is 9.29. The molecule has 1 atom stereocenters. The van der Waals surface area contributed by atoms with Crippen LogP contribution >= 0.6 is 23.1 Å². The molecule has 2 aromatic rings. The summed E-state index contributed by atoms with van der Waals surface area (Å²) in [5.74, 6) is -0.448. The number of nitrogens with zero attached hydrogens (tertiary/aromatic N) is 1. The van der Waals surface area contributed by atoms with Gasteiger partial charge in [0.15, 0.2) is 4.34 Å². The Morgan fingerprint density at radius 2 is 2.18 bits per heavy atom. The highest BCUT2D eigenvalue weighted by Crippen LogP contribution is 2.36. The lowest BCUT2D eigenvalue weighted by Crippen LogP contribution is -2.24. The minimum absolute atomic E-state index is 0.448. The van der Waals surface area contributed by atoms with Gasteiger partial charge in [0.1, 0.15) is 5.25 Å². The van der Waals surface area contributed by atoms with Crippen molar-refractivity contribution in [1.29, 1.82) is 0 Å². The Morgan fingerprint density at radius 1 is 1.41 bits per heavy atom. The molecular weight excluding hydrogens is 256 g/mol. The normalized spacial score (nSPS) is 12.1. The summed E-state index contributed by atoms with van der Waals surface area (Å²) in [4.78, 5) is 15.8. The van der Waals surface area contributed by atoms with Crippen molar-refractivity contribution in [2.75, 3.05) is 0 Å². The Labute approximate surface area is 107 Å². The fraction of sp³-hybridized carbons (Fsp3) is 0.0909. The van der Waals surface area contributed by atoms with Gasteiger partial charge < -0.3 is 0 Å². The molecule has 0 aliphatic heterocycles. The maximum absolute atomic E-state index is 11.6. The van der Waals surface area contributed by atoms with Crippen LogP contribution in [0.3, 0.4) is 0 Å². The Kier molecular flexibility index (Phi) is 4.13. The quantitative estimate of drug-likeness (QED) is 0.507. The summed E-state index contributed by atoms with van der Waals surface area (Å²) >= 11 is 2.78. The summed E-state index contributed by atoms with van der Waals surface area (Å²) in [6.45, 7) is 0. The van der Waals surface area contributed by atoms with Crippen molar-refractivity contribution in [2.45, 2.75) is 9.59 Å². The number of carbonyl (C=O) groups is 1. The maximum atomic E-state index is 11.6. The second-order valence-corrected chi connectivity index (χ2v) is 5.43. The standard InChI is InChI=1S/C11H10N2O2S2/c14-10(13-15)9(8-4-2-1-3-5-8)17-11-12-6-7-16-11/h1-7,9,15H,(H,13,14). The fourth-order valence-corrected chi connectivity index (χ4v) is 3.14. The zero-order valence-corrected chi connectivity index (χ0v) is 10.4. The molecule has 0 radical (unpaired) electrons. The van der Waals surface area contributed by atoms with Crippen LogP contribution in [0.5, 0.6) is 0 Å². The second kappa shape index (κ2) is 5.81. The third-order valence-corrected chi connectivity index (χ3v) is 4.25. The van der Waals surface area contributed by atoms with Gasteiger partial charge in [0.05, 0.1) is 0 Å². The molecule has 0 saturated carbocycles. The Balaban J connectivity index is 2.23. The van der Waals surface area contributed by atoms with Crippen molar-refractivity contribution in [1.82, 2.24) is 10.5 Å². The molecule has 0 saturated heterocycles. The molecule has 0 spiro atoms. The van der Waals surface area contributed by atoms with Crippen LogP contribution in [0.25, 0.3) is 0 Å². The van der Waals surface area contributed by atoms with E-state index in [1.165, 1.54) is 23.1 Å². The summed E-state index contributed by atoms with van der Waals surface area (Å²) in [7, 11) is 0. The SMILES string of the molecule is O=C(NO)C(Sc1nccs1)c1ccccc1. The summed E-state index contributed by atoms with van der Waals surface area (Å²) in [5.41, 5.74) is 2.53. The first-order valence-corrected chi connectivity index (χ1v) is 6.62. The van der Waals surface area contributed by atoms with Crippen molar-refractivity contribution in [3.8, 4) is 0 Å². The van der Waals surface area contributed by atoms with E-state index >= 15 is 0 Å². The molecule has 4 nitrogen and oxygen atoms in total. The molecule has 1 aromatic heterocycles. The van der Waals surface area contributed by atoms with Crippen LogP contribution in [0, 0.1) is 0 Å². The van der Waals surface area contributed by atoms with E-state index < -0.39 is 11.2 Å². The van der Waals surface area contributed by atoms with Crippen molar-refractivity contribution >= 4 is 29.0 Å². The van der Waals surface area contributed by atoms with Gasteiger partial charge >= 0.3 is 0 Å². The number of aromatic nitrogens is 1. The molecule has 2 N–H and O–H groups in total. The van der Waals surface area contributed by atoms with Crippen LogP contribution < -0.4 is 5.48 Å². The molecule has 88 valence electrons. The average Bonchev–Trinajstić information content (AvgIpc) is 2.89. The molecule has 0 aliphatic carbocycles. The Morgan fingerprint density at radius 3 is 2.76 bits per heavy atom. The number of hydroxylamine groups is 1. The van der Waals surface area contributed by atoms with E-state index in [1.54, 1.807) is 11.7 Å². The molecule has 1 unspecified atom stereocenters. The van der Waals surface area contributed by atoms with E-state index in [0.29, 0.717) is 0 Å². The minimum Gasteiger partial charge on any atom is -0.289 e. The van der Waals surface area contributed by atoms with Crippen molar-refractivity contribution in [2.24, 2.45) is 0 Å². The lowest BCUT2D eigenvalue weighted by Gasteiger charge is -2.12. The molecule has 0 aliphatic rings. The molecule has 1 amide bonds. The number of rotatable bonds is 4. The summed E-state index contributed by atoms with van der Waals surface area (Å²) < 4.78 is 0.794. The minimum atomic E-state index is -0.493. The largest absolute Gasteiger partial charge is 0.289 e. The average molecular weight is 266 g/mol. The summed E-state index contributed by atoms with van der Waals surface area (Å²) in [5, 5.41) is 10.1. The molecule has 6 heteroatoms. The molecule has 1 aromatic carbocycles. The van der Waals surface area contributed by atoms with Crippen LogP contribution in [0.4, 0.5) is 0 Å². The van der Waals surface area contributed by atoms with E-state index in [2.05, 4.69) is 4.98 Å². The zero-order valence-electron chi connectivity index (χ0n) is 8.74. The van der Waals surface area contributed by atoms with E-state index in [0.717, 1.165) is 9.90 Å². The highest BCUT2D eigenvalue weighted by atomic mass is 32.2. The molecular formula is C11H10N2O2S2. The van der Waals surface area contributed by atoms with Gasteiger partial charge in [0.25, 0.3) is 5.91 Å². The first-order valence-electron chi connectivity index (χ1n) is 4.86. The third-order valence-electron chi connectivity index (χ3n) is 2.08. The van der Waals surface area contributed by atoms with Gasteiger partial charge in [-0.25, -0.2) is 10.5 Å². The number of nitrogens with one attached hydrogen (secondary N) is 1. The highest BCUT2D eigenvalue weighted by Gasteiger charge is 2.22. The maximum Gasteiger partial charge on any atom is 0.261 e. The number of amides is 1. The van der Waals surface area contributed by atoms with Gasteiger partial charge in [0, 0.05) is 11.6 Å². The van der Waals surface area contributed by atoms with Crippen LogP contribution in [-0.4, -0.2) is 16.1 Å². The van der Waals surface area contributed by atoms with Crippen LogP contribution in [0.15, 0.2) is 46.2 Å². The van der Waals surface area contributed by atoms with Crippen LogP contribution in [-0.2, 0) is 4.79 Å². The molecule has 1 heterocycles. The lowest BCUT2D eigenvalue weighted by atomic mass is 10.1. The van der Waals surface area contributed by atoms with Crippen molar-refractivity contribution in [3.05, 3.63) is 47.5 Å². The van der Waals surface area contributed by atoms with Gasteiger partial charge in [-0.15, -0.1) is 11.3 Å². The molecule has 0 fully saturated rings. The van der Waals surface area contributed by atoms with Gasteiger partial charge in [-0.2, -0.15) is 0 Å². The number of thioether (sulfide) groups is 1. The predicted octanol–water partition coefficient (Wildman–Crippen LogP) is 2.48. The predicted molar refractivity (Wildman–Crippen MR) is 67.1 cm³/mol. The number of carbonyl (C=O) groups excluding carboxylic acids is 1. The van der Waals surface area contributed by atoms with Gasteiger partial charge in [-0.3, -0.25) is 10.0 Å². The van der Waals surface area contributed by atoms with E-state index in [-0.39, 0.29) is 0 Å². The lowest BCUT2D eigenvalue weighted by molar-refractivity contribution is -0.128. The van der Waals surface area contributed by atoms with E-state index in [9.17, 15) is 4.79 Å². The fourth-order valence-electron chi connectivity index (χ4n) is 1.33. The topological polar surface area (TPSA) is 62.2 Å². The van der Waals surface area contributed by atoms with Crippen molar-refractivity contribution in [3.63, 3.8) is 0 Å². The van der Waals surface area contributed by atoms with Gasteiger partial charge in [0.2, 0.25) is 0 Å². The highest BCUT2D eigenvalue weighted by molar-refractivity contribution is 8.01. The van der Waals surface area contributed by atoms with Gasteiger partial charge in [-0.05, 0) is 5.56 Å². The Bertz CT molecular complexity index is 473. The molecule has 0 bridgehead atoms. The molecule has 17 heavy (non-hydrogen) atoms. The number of hydrogen-bond acceptors (Lipinski definition) is 5. The smallest absolute Gasteiger partial charge is 0.261 e. The van der Waals surface area contributed by atoms with Gasteiger partial charge in [-0.1, -0.05) is 42.1 Å². The van der Waals surface area contributed by atoms with Crippen LogP contribution in [0.2, 0.25) is 0 Å². The molecule has 2 rings (SSSR count). The first kappa shape index (κ1) is 12.1. The third kappa shape index (κ3) is 3.06. The number of benzene rings is 1. The summed E-state index contributed by atoms with van der Waals surface area (Å²) in [6.07, 6.45) is 1.69. The van der Waals surface area contributed by atoms with E-state index in [4.69, 9.17) is 5.21 Å². The first-order chi connectivity index (χ1) is 8.31. The number of thiazole rings is 1. The second-order valence-electron chi connectivity index (χ2n) is 3.18. The zero-order chi connectivity index (χ0) is 12.1. The van der Waals surface area contributed by atoms with Crippen molar-refractivity contribution < 1.29 is 10.0 Å². The Hall–Kier alpha value is -1.37.